The van der Waals surface area contributed by atoms with Crippen molar-refractivity contribution in [2.75, 3.05) is 6.54 Å². The van der Waals surface area contributed by atoms with Crippen LogP contribution in [0.4, 0.5) is 0 Å². The van der Waals surface area contributed by atoms with E-state index in [1.807, 2.05) is 6.07 Å². The molecule has 1 aromatic carbocycles. The van der Waals surface area contributed by atoms with E-state index in [-0.39, 0.29) is 10.8 Å². The number of hydrogen-bond acceptors (Lipinski definition) is 4. The van der Waals surface area contributed by atoms with Crippen LogP contribution in [0.1, 0.15) is 49.4 Å². The van der Waals surface area contributed by atoms with E-state index in [9.17, 15) is 0 Å². The molecule has 0 spiro atoms. The second-order valence-corrected chi connectivity index (χ2v) is 6.69. The highest BCUT2D eigenvalue weighted by Gasteiger charge is 2.50. The maximum Gasteiger partial charge on any atom is 0.227 e. The van der Waals surface area contributed by atoms with E-state index >= 15 is 0 Å². The SMILES string of the molecule is NCC1(Cc2nc(C3(c4ccccc4)CC3)no2)CCC1. The summed E-state index contributed by atoms with van der Waals surface area (Å²) in [5, 5.41) is 4.28. The topological polar surface area (TPSA) is 64.9 Å². The van der Waals surface area contributed by atoms with Gasteiger partial charge in [0.15, 0.2) is 5.82 Å². The summed E-state index contributed by atoms with van der Waals surface area (Å²) in [5.41, 5.74) is 7.44. The van der Waals surface area contributed by atoms with Crippen LogP contribution >= 0.6 is 0 Å². The van der Waals surface area contributed by atoms with E-state index in [0.29, 0.717) is 6.54 Å². The van der Waals surface area contributed by atoms with Gasteiger partial charge in [0.05, 0.1) is 5.41 Å². The molecule has 21 heavy (non-hydrogen) atoms. The van der Waals surface area contributed by atoms with Crippen LogP contribution in [0.5, 0.6) is 0 Å². The van der Waals surface area contributed by atoms with E-state index < -0.39 is 0 Å². The third-order valence-corrected chi connectivity index (χ3v) is 5.35. The van der Waals surface area contributed by atoms with E-state index in [4.69, 9.17) is 15.2 Å². The van der Waals surface area contributed by atoms with Gasteiger partial charge in [-0.1, -0.05) is 41.9 Å². The Balaban J connectivity index is 1.58. The molecular weight excluding hydrogens is 262 g/mol. The molecule has 1 heterocycles. The minimum Gasteiger partial charge on any atom is -0.339 e. The smallest absolute Gasteiger partial charge is 0.227 e. The zero-order chi connectivity index (χ0) is 14.3. The molecule has 4 heteroatoms. The molecule has 0 bridgehead atoms. The summed E-state index contributed by atoms with van der Waals surface area (Å²) < 4.78 is 5.53. The van der Waals surface area contributed by atoms with Gasteiger partial charge in [-0.05, 0) is 43.2 Å². The average Bonchev–Trinajstić information content (AvgIpc) is 3.17. The Kier molecular flexibility index (Phi) is 2.89. The lowest BCUT2D eigenvalue weighted by Gasteiger charge is -2.39. The number of benzene rings is 1. The number of nitrogens with two attached hydrogens (primary N) is 1. The Morgan fingerprint density at radius 2 is 1.86 bits per heavy atom. The second-order valence-electron chi connectivity index (χ2n) is 6.69. The fraction of sp³-hybridized carbons (Fsp3) is 0.529. The van der Waals surface area contributed by atoms with Gasteiger partial charge in [-0.25, -0.2) is 0 Å². The molecule has 0 saturated heterocycles. The van der Waals surface area contributed by atoms with Crippen molar-refractivity contribution >= 4 is 0 Å². The van der Waals surface area contributed by atoms with Crippen LogP contribution in [-0.2, 0) is 11.8 Å². The van der Waals surface area contributed by atoms with Gasteiger partial charge < -0.3 is 10.3 Å². The minimum atomic E-state index is -0.00149. The first-order valence-electron chi connectivity index (χ1n) is 7.85. The van der Waals surface area contributed by atoms with Gasteiger partial charge >= 0.3 is 0 Å². The van der Waals surface area contributed by atoms with Gasteiger partial charge in [-0.2, -0.15) is 4.98 Å². The Hall–Kier alpha value is -1.68. The Morgan fingerprint density at radius 1 is 1.10 bits per heavy atom. The molecule has 2 saturated carbocycles. The van der Waals surface area contributed by atoms with Gasteiger partial charge in [0, 0.05) is 6.42 Å². The number of nitrogens with zero attached hydrogens (tertiary/aromatic N) is 2. The fourth-order valence-electron chi connectivity index (χ4n) is 3.50. The molecule has 2 fully saturated rings. The molecule has 2 aromatic rings. The summed E-state index contributed by atoms with van der Waals surface area (Å²) in [6, 6.07) is 10.5. The minimum absolute atomic E-state index is 0.00149. The Morgan fingerprint density at radius 3 is 2.43 bits per heavy atom. The monoisotopic (exact) mass is 283 g/mol. The van der Waals surface area contributed by atoms with Crippen LogP contribution in [0.2, 0.25) is 0 Å². The first kappa shape index (κ1) is 13.0. The van der Waals surface area contributed by atoms with Crippen LogP contribution in [0.25, 0.3) is 0 Å². The van der Waals surface area contributed by atoms with Crippen molar-refractivity contribution in [2.45, 2.75) is 43.9 Å². The van der Waals surface area contributed by atoms with Crippen molar-refractivity contribution in [1.82, 2.24) is 10.1 Å². The molecule has 0 atom stereocenters. The van der Waals surface area contributed by atoms with Crippen LogP contribution in [0.3, 0.4) is 0 Å². The number of rotatable bonds is 5. The largest absolute Gasteiger partial charge is 0.339 e. The summed E-state index contributed by atoms with van der Waals surface area (Å²) in [6.45, 7) is 0.717. The lowest BCUT2D eigenvalue weighted by molar-refractivity contribution is 0.129. The van der Waals surface area contributed by atoms with Gasteiger partial charge in [-0.3, -0.25) is 0 Å². The first-order valence-corrected chi connectivity index (χ1v) is 7.85. The van der Waals surface area contributed by atoms with Crippen molar-refractivity contribution < 1.29 is 4.52 Å². The highest BCUT2D eigenvalue weighted by Crippen LogP contribution is 2.52. The molecule has 2 aliphatic carbocycles. The van der Waals surface area contributed by atoms with Crippen LogP contribution in [0.15, 0.2) is 34.9 Å². The quantitative estimate of drug-likeness (QED) is 0.916. The molecule has 0 amide bonds. The predicted molar refractivity (Wildman–Crippen MR) is 79.8 cm³/mol. The summed E-state index contributed by atoms with van der Waals surface area (Å²) in [5.74, 6) is 1.62. The maximum atomic E-state index is 5.92. The molecule has 4 nitrogen and oxygen atoms in total. The Labute approximate surface area is 124 Å². The van der Waals surface area contributed by atoms with Crippen LogP contribution in [0, 0.1) is 5.41 Å². The van der Waals surface area contributed by atoms with Crippen molar-refractivity contribution in [3.8, 4) is 0 Å². The predicted octanol–water partition coefficient (Wildman–Crippen LogP) is 2.82. The van der Waals surface area contributed by atoms with Crippen molar-refractivity contribution in [3.63, 3.8) is 0 Å². The second kappa shape index (κ2) is 4.67. The van der Waals surface area contributed by atoms with Crippen LogP contribution < -0.4 is 5.73 Å². The zero-order valence-corrected chi connectivity index (χ0v) is 12.2. The summed E-state index contributed by atoms with van der Waals surface area (Å²) in [7, 11) is 0. The molecule has 0 radical (unpaired) electrons. The molecular formula is C17H21N3O. The lowest BCUT2D eigenvalue weighted by Crippen LogP contribution is -2.39. The Bertz CT molecular complexity index is 621. The molecule has 2 aliphatic rings. The summed E-state index contributed by atoms with van der Waals surface area (Å²) in [4.78, 5) is 4.70. The van der Waals surface area contributed by atoms with Crippen LogP contribution in [-0.4, -0.2) is 16.7 Å². The van der Waals surface area contributed by atoms with E-state index in [2.05, 4.69) is 29.4 Å². The van der Waals surface area contributed by atoms with E-state index in [0.717, 1.165) is 31.0 Å². The number of hydrogen-bond donors (Lipinski definition) is 1. The number of aromatic nitrogens is 2. The van der Waals surface area contributed by atoms with Crippen molar-refractivity contribution in [1.29, 1.82) is 0 Å². The first-order chi connectivity index (χ1) is 10.3. The maximum absolute atomic E-state index is 5.92. The highest BCUT2D eigenvalue weighted by atomic mass is 16.5. The lowest BCUT2D eigenvalue weighted by atomic mass is 9.67. The zero-order valence-electron chi connectivity index (χ0n) is 12.2. The third kappa shape index (κ3) is 2.09. The summed E-state index contributed by atoms with van der Waals surface area (Å²) in [6.07, 6.45) is 6.69. The molecule has 110 valence electrons. The molecule has 0 unspecified atom stereocenters. The average molecular weight is 283 g/mol. The molecule has 4 rings (SSSR count). The van der Waals surface area contributed by atoms with E-state index in [1.54, 1.807) is 0 Å². The van der Waals surface area contributed by atoms with Gasteiger partial charge in [0.2, 0.25) is 5.89 Å². The molecule has 0 aliphatic heterocycles. The van der Waals surface area contributed by atoms with Crippen molar-refractivity contribution in [3.05, 3.63) is 47.6 Å². The fourth-order valence-corrected chi connectivity index (χ4v) is 3.50. The normalized spacial score (nSPS) is 21.8. The van der Waals surface area contributed by atoms with Gasteiger partial charge in [-0.15, -0.1) is 0 Å². The summed E-state index contributed by atoms with van der Waals surface area (Å²) >= 11 is 0. The van der Waals surface area contributed by atoms with E-state index in [1.165, 1.54) is 24.8 Å². The van der Waals surface area contributed by atoms with Crippen molar-refractivity contribution in [2.24, 2.45) is 11.1 Å². The van der Waals surface area contributed by atoms with Gasteiger partial charge in [0.1, 0.15) is 0 Å². The molecule has 2 N–H and O–H groups in total. The molecule has 1 aromatic heterocycles. The van der Waals surface area contributed by atoms with Gasteiger partial charge in [0.25, 0.3) is 0 Å². The highest BCUT2D eigenvalue weighted by molar-refractivity contribution is 5.38. The standard InChI is InChI=1S/C17H21N3O/c18-12-16(7-4-8-16)11-14-19-15(20-21-14)17(9-10-17)13-5-2-1-3-6-13/h1-3,5-6H,4,7-12,18H2. The third-order valence-electron chi connectivity index (χ3n) is 5.35.